The minimum Gasteiger partial charge on any atom is -0.467 e. The molecule has 1 unspecified atom stereocenters. The summed E-state index contributed by atoms with van der Waals surface area (Å²) in [6.45, 7) is 4.14. The summed E-state index contributed by atoms with van der Waals surface area (Å²) in [5.41, 5.74) is 0.440. The Balaban J connectivity index is 2.92. The van der Waals surface area contributed by atoms with Gasteiger partial charge in [-0.2, -0.15) is 0 Å². The lowest BCUT2D eigenvalue weighted by Gasteiger charge is -2.12. The molecular weight excluding hydrogens is 260 g/mol. The Labute approximate surface area is 110 Å². The van der Waals surface area contributed by atoms with Crippen LogP contribution in [0.3, 0.4) is 0 Å². The molecule has 94 valence electrons. The van der Waals surface area contributed by atoms with E-state index in [1.54, 1.807) is 30.0 Å². The van der Waals surface area contributed by atoms with Gasteiger partial charge in [0.15, 0.2) is 6.10 Å². The van der Waals surface area contributed by atoms with E-state index in [4.69, 9.17) is 11.6 Å². The van der Waals surface area contributed by atoms with Crippen LogP contribution in [0.4, 0.5) is 0 Å². The van der Waals surface area contributed by atoms with Gasteiger partial charge < -0.3 is 9.84 Å². The monoisotopic (exact) mass is 274 g/mol. The molecule has 0 bridgehead atoms. The van der Waals surface area contributed by atoms with Gasteiger partial charge in [0, 0.05) is 10.1 Å². The SMILES string of the molecule is COC(=O)C(O)c1ccc(SC(C)C)c(Cl)c1. The molecule has 1 atom stereocenters. The van der Waals surface area contributed by atoms with Gasteiger partial charge in [0.05, 0.1) is 12.1 Å². The van der Waals surface area contributed by atoms with E-state index >= 15 is 0 Å². The van der Waals surface area contributed by atoms with Gasteiger partial charge >= 0.3 is 5.97 Å². The van der Waals surface area contributed by atoms with E-state index in [0.717, 1.165) is 4.90 Å². The summed E-state index contributed by atoms with van der Waals surface area (Å²) in [4.78, 5) is 12.1. The first kappa shape index (κ1) is 14.4. The number of benzene rings is 1. The number of thioether (sulfide) groups is 1. The first-order chi connectivity index (χ1) is 7.95. The van der Waals surface area contributed by atoms with Crippen molar-refractivity contribution < 1.29 is 14.6 Å². The van der Waals surface area contributed by atoms with E-state index in [-0.39, 0.29) is 0 Å². The number of hydrogen-bond donors (Lipinski definition) is 1. The third-order valence-electron chi connectivity index (χ3n) is 2.06. The van der Waals surface area contributed by atoms with Gasteiger partial charge in [0.1, 0.15) is 0 Å². The number of ether oxygens (including phenoxy) is 1. The first-order valence-corrected chi connectivity index (χ1v) is 6.43. The van der Waals surface area contributed by atoms with Crippen LogP contribution < -0.4 is 0 Å². The van der Waals surface area contributed by atoms with Gasteiger partial charge in [-0.1, -0.05) is 31.5 Å². The van der Waals surface area contributed by atoms with Gasteiger partial charge in [-0.3, -0.25) is 0 Å². The molecule has 3 nitrogen and oxygen atoms in total. The van der Waals surface area contributed by atoms with Crippen LogP contribution in [0.1, 0.15) is 25.5 Å². The second kappa shape index (κ2) is 6.28. The lowest BCUT2D eigenvalue weighted by molar-refractivity contribution is -0.150. The minimum atomic E-state index is -1.28. The summed E-state index contributed by atoms with van der Waals surface area (Å²) in [5, 5.41) is 10.6. The molecule has 0 fully saturated rings. The topological polar surface area (TPSA) is 46.5 Å². The van der Waals surface area contributed by atoms with Gasteiger partial charge in [-0.25, -0.2) is 4.79 Å². The van der Waals surface area contributed by atoms with Gasteiger partial charge in [0.25, 0.3) is 0 Å². The Morgan fingerprint density at radius 3 is 2.59 bits per heavy atom. The Morgan fingerprint density at radius 2 is 2.12 bits per heavy atom. The van der Waals surface area contributed by atoms with E-state index in [0.29, 0.717) is 15.8 Å². The number of halogens is 1. The van der Waals surface area contributed by atoms with Gasteiger partial charge in [-0.15, -0.1) is 11.8 Å². The molecule has 0 aliphatic heterocycles. The summed E-state index contributed by atoms with van der Waals surface area (Å²) in [5.74, 6) is -0.690. The molecule has 0 aliphatic carbocycles. The van der Waals surface area contributed by atoms with Crippen LogP contribution >= 0.6 is 23.4 Å². The van der Waals surface area contributed by atoms with Crippen LogP contribution in [-0.2, 0) is 9.53 Å². The smallest absolute Gasteiger partial charge is 0.339 e. The van der Waals surface area contributed by atoms with E-state index in [2.05, 4.69) is 18.6 Å². The molecule has 1 aromatic carbocycles. The van der Waals surface area contributed by atoms with Crippen molar-refractivity contribution in [3.8, 4) is 0 Å². The van der Waals surface area contributed by atoms with Crippen LogP contribution in [-0.4, -0.2) is 23.4 Å². The molecule has 0 radical (unpaired) electrons. The highest BCUT2D eigenvalue weighted by molar-refractivity contribution is 8.00. The highest BCUT2D eigenvalue weighted by atomic mass is 35.5. The van der Waals surface area contributed by atoms with E-state index in [9.17, 15) is 9.90 Å². The second-order valence-electron chi connectivity index (χ2n) is 3.78. The average molecular weight is 275 g/mol. The second-order valence-corrected chi connectivity index (χ2v) is 5.81. The summed E-state index contributed by atoms with van der Waals surface area (Å²) >= 11 is 7.71. The third kappa shape index (κ3) is 3.91. The summed E-state index contributed by atoms with van der Waals surface area (Å²) in [7, 11) is 1.23. The van der Waals surface area contributed by atoms with Crippen molar-refractivity contribution in [3.63, 3.8) is 0 Å². The van der Waals surface area contributed by atoms with Crippen LogP contribution in [0.15, 0.2) is 23.1 Å². The zero-order valence-corrected chi connectivity index (χ0v) is 11.5. The number of rotatable bonds is 4. The van der Waals surface area contributed by atoms with Crippen molar-refractivity contribution in [2.24, 2.45) is 0 Å². The first-order valence-electron chi connectivity index (χ1n) is 5.17. The predicted octanol–water partition coefficient (Wildman–Crippen LogP) is 3.05. The van der Waals surface area contributed by atoms with Gasteiger partial charge in [-0.05, 0) is 17.7 Å². The minimum absolute atomic E-state index is 0.420. The largest absolute Gasteiger partial charge is 0.467 e. The maximum absolute atomic E-state index is 11.2. The lowest BCUT2D eigenvalue weighted by Crippen LogP contribution is -2.13. The Hall–Kier alpha value is -0.710. The number of esters is 1. The Bertz CT molecular complexity index is 407. The highest BCUT2D eigenvalue weighted by Crippen LogP contribution is 2.32. The van der Waals surface area contributed by atoms with Crippen molar-refractivity contribution in [1.82, 2.24) is 0 Å². The number of hydrogen-bond acceptors (Lipinski definition) is 4. The number of methoxy groups -OCH3 is 1. The predicted molar refractivity (Wildman–Crippen MR) is 69.4 cm³/mol. The summed E-state index contributed by atoms with van der Waals surface area (Å²) in [6, 6.07) is 5.07. The zero-order chi connectivity index (χ0) is 13.0. The van der Waals surface area contributed by atoms with E-state index < -0.39 is 12.1 Å². The normalized spacial score (nSPS) is 12.6. The van der Waals surface area contributed by atoms with Crippen LogP contribution in [0.2, 0.25) is 5.02 Å². The molecule has 0 aromatic heterocycles. The average Bonchev–Trinajstić information content (AvgIpc) is 2.29. The molecule has 17 heavy (non-hydrogen) atoms. The molecule has 0 amide bonds. The number of carbonyl (C=O) groups excluding carboxylic acids is 1. The third-order valence-corrected chi connectivity index (χ3v) is 3.56. The molecule has 0 saturated heterocycles. The van der Waals surface area contributed by atoms with E-state index in [1.165, 1.54) is 7.11 Å². The molecule has 0 saturated carbocycles. The van der Waals surface area contributed by atoms with Crippen molar-refractivity contribution in [3.05, 3.63) is 28.8 Å². The summed E-state index contributed by atoms with van der Waals surface area (Å²) in [6.07, 6.45) is -1.28. The van der Waals surface area contributed by atoms with Crippen molar-refractivity contribution in [1.29, 1.82) is 0 Å². The zero-order valence-electron chi connectivity index (χ0n) is 9.94. The maximum Gasteiger partial charge on any atom is 0.339 e. The van der Waals surface area contributed by atoms with Gasteiger partial charge in [0.2, 0.25) is 0 Å². The van der Waals surface area contributed by atoms with Crippen molar-refractivity contribution >= 4 is 29.3 Å². The summed E-state index contributed by atoms with van der Waals surface area (Å²) < 4.78 is 4.46. The van der Waals surface area contributed by atoms with Crippen LogP contribution in [0.25, 0.3) is 0 Å². The molecular formula is C12H15ClO3S. The van der Waals surface area contributed by atoms with Crippen molar-refractivity contribution in [2.75, 3.05) is 7.11 Å². The van der Waals surface area contributed by atoms with Crippen LogP contribution in [0, 0.1) is 0 Å². The number of aliphatic hydroxyl groups is 1. The fraction of sp³-hybridized carbons (Fsp3) is 0.417. The molecule has 1 rings (SSSR count). The fourth-order valence-electron chi connectivity index (χ4n) is 1.28. The molecule has 0 aliphatic rings. The standard InChI is InChI=1S/C12H15ClO3S/c1-7(2)17-10-5-4-8(6-9(10)13)11(14)12(15)16-3/h4-7,11,14H,1-3H3. The quantitative estimate of drug-likeness (QED) is 0.677. The highest BCUT2D eigenvalue weighted by Gasteiger charge is 2.18. The molecule has 1 N–H and O–H groups in total. The van der Waals surface area contributed by atoms with Crippen molar-refractivity contribution in [2.45, 2.75) is 30.1 Å². The molecule has 5 heteroatoms. The number of carbonyl (C=O) groups is 1. The number of aliphatic hydroxyl groups excluding tert-OH is 1. The molecule has 0 spiro atoms. The molecule has 1 aromatic rings. The van der Waals surface area contributed by atoms with E-state index in [1.807, 2.05) is 0 Å². The Kier molecular flexibility index (Phi) is 5.31. The lowest BCUT2D eigenvalue weighted by atomic mass is 10.1. The molecule has 0 heterocycles. The maximum atomic E-state index is 11.2. The van der Waals surface area contributed by atoms with Crippen LogP contribution in [0.5, 0.6) is 0 Å². The fourth-order valence-corrected chi connectivity index (χ4v) is 2.43. The Morgan fingerprint density at radius 1 is 1.47 bits per heavy atom.